The Morgan fingerprint density at radius 3 is 2.47 bits per heavy atom. The number of aromatic nitrogens is 1. The summed E-state index contributed by atoms with van der Waals surface area (Å²) in [4.78, 5) is 4.04. The molecule has 1 aromatic heterocycles. The standard InChI is InChI=1S/C16H20N2O/c1-11-5-12(2)7-13(6-11)8-15(19)9-14-10-18-4-3-16(14)17/h3-7,10,15,19H,8-9H2,1-2H3,(H2,17,18). The Kier molecular flexibility index (Phi) is 4.17. The molecule has 0 spiro atoms. The normalized spacial score (nSPS) is 12.4. The van der Waals surface area contributed by atoms with Crippen molar-refractivity contribution in [3.05, 3.63) is 58.9 Å². The molecule has 0 aliphatic heterocycles. The highest BCUT2D eigenvalue weighted by molar-refractivity contribution is 5.44. The monoisotopic (exact) mass is 256 g/mol. The van der Waals surface area contributed by atoms with Crippen molar-refractivity contribution in [2.45, 2.75) is 32.8 Å². The van der Waals surface area contributed by atoms with Gasteiger partial charge in [0.25, 0.3) is 0 Å². The molecule has 0 bridgehead atoms. The van der Waals surface area contributed by atoms with Crippen LogP contribution in [-0.4, -0.2) is 16.2 Å². The van der Waals surface area contributed by atoms with E-state index in [0.717, 1.165) is 11.1 Å². The van der Waals surface area contributed by atoms with Crippen LogP contribution in [-0.2, 0) is 12.8 Å². The first-order valence-corrected chi connectivity index (χ1v) is 6.48. The minimum absolute atomic E-state index is 0.437. The van der Waals surface area contributed by atoms with Crippen molar-refractivity contribution in [1.29, 1.82) is 0 Å². The van der Waals surface area contributed by atoms with E-state index in [0.29, 0.717) is 18.5 Å². The number of nitrogen functional groups attached to an aromatic ring is 1. The second-order valence-corrected chi connectivity index (χ2v) is 5.13. The van der Waals surface area contributed by atoms with Crippen molar-refractivity contribution in [3.63, 3.8) is 0 Å². The van der Waals surface area contributed by atoms with Crippen LogP contribution in [0.2, 0.25) is 0 Å². The summed E-state index contributed by atoms with van der Waals surface area (Å²) < 4.78 is 0. The van der Waals surface area contributed by atoms with Crippen LogP contribution in [0.15, 0.2) is 36.7 Å². The van der Waals surface area contributed by atoms with Gasteiger partial charge < -0.3 is 10.8 Å². The van der Waals surface area contributed by atoms with E-state index in [2.05, 4.69) is 37.0 Å². The Morgan fingerprint density at radius 1 is 1.16 bits per heavy atom. The maximum absolute atomic E-state index is 10.2. The summed E-state index contributed by atoms with van der Waals surface area (Å²) in [5, 5.41) is 10.2. The molecule has 0 aliphatic carbocycles. The van der Waals surface area contributed by atoms with Crippen molar-refractivity contribution in [2.24, 2.45) is 0 Å². The van der Waals surface area contributed by atoms with E-state index in [-0.39, 0.29) is 0 Å². The molecule has 0 saturated carbocycles. The number of nitrogens with two attached hydrogens (primary N) is 1. The van der Waals surface area contributed by atoms with Gasteiger partial charge in [0.15, 0.2) is 0 Å². The number of aliphatic hydroxyl groups excluding tert-OH is 1. The Labute approximate surface area is 114 Å². The lowest BCUT2D eigenvalue weighted by molar-refractivity contribution is 0.175. The summed E-state index contributed by atoms with van der Waals surface area (Å²) in [5.74, 6) is 0. The number of hydrogen-bond donors (Lipinski definition) is 2. The minimum atomic E-state index is -0.437. The van der Waals surface area contributed by atoms with Gasteiger partial charge in [-0.3, -0.25) is 4.98 Å². The minimum Gasteiger partial charge on any atom is -0.398 e. The summed E-state index contributed by atoms with van der Waals surface area (Å²) in [6.07, 6.45) is 4.12. The maximum Gasteiger partial charge on any atom is 0.0622 e. The van der Waals surface area contributed by atoms with Gasteiger partial charge >= 0.3 is 0 Å². The molecule has 2 rings (SSSR count). The van der Waals surface area contributed by atoms with E-state index in [1.54, 1.807) is 18.5 Å². The first kappa shape index (κ1) is 13.6. The molecule has 1 unspecified atom stereocenters. The lowest BCUT2D eigenvalue weighted by Crippen LogP contribution is -2.15. The van der Waals surface area contributed by atoms with Crippen LogP contribution in [0, 0.1) is 13.8 Å². The summed E-state index contributed by atoms with van der Waals surface area (Å²) in [6, 6.07) is 8.12. The molecular weight excluding hydrogens is 236 g/mol. The predicted molar refractivity (Wildman–Crippen MR) is 78.0 cm³/mol. The molecule has 19 heavy (non-hydrogen) atoms. The smallest absolute Gasteiger partial charge is 0.0622 e. The fraction of sp³-hybridized carbons (Fsp3) is 0.312. The zero-order valence-corrected chi connectivity index (χ0v) is 11.4. The van der Waals surface area contributed by atoms with E-state index in [1.807, 2.05) is 0 Å². The summed E-state index contributed by atoms with van der Waals surface area (Å²) in [6.45, 7) is 4.14. The van der Waals surface area contributed by atoms with Crippen molar-refractivity contribution >= 4 is 5.69 Å². The van der Waals surface area contributed by atoms with Crippen molar-refractivity contribution in [1.82, 2.24) is 4.98 Å². The van der Waals surface area contributed by atoms with Crippen LogP contribution >= 0.6 is 0 Å². The summed E-state index contributed by atoms with van der Waals surface area (Å²) in [7, 11) is 0. The molecule has 1 atom stereocenters. The lowest BCUT2D eigenvalue weighted by Gasteiger charge is -2.13. The Hall–Kier alpha value is -1.87. The number of benzene rings is 1. The van der Waals surface area contributed by atoms with E-state index in [1.165, 1.54) is 11.1 Å². The molecule has 2 aromatic rings. The molecular formula is C16H20N2O. The first-order valence-electron chi connectivity index (χ1n) is 6.48. The van der Waals surface area contributed by atoms with Crippen LogP contribution in [0.5, 0.6) is 0 Å². The van der Waals surface area contributed by atoms with Gasteiger partial charge in [-0.25, -0.2) is 0 Å². The van der Waals surface area contributed by atoms with E-state index in [9.17, 15) is 5.11 Å². The molecule has 100 valence electrons. The third-order valence-corrected chi connectivity index (χ3v) is 3.15. The zero-order chi connectivity index (χ0) is 13.8. The quantitative estimate of drug-likeness (QED) is 0.883. The Morgan fingerprint density at radius 2 is 1.84 bits per heavy atom. The molecule has 0 fully saturated rings. The zero-order valence-electron chi connectivity index (χ0n) is 11.4. The average Bonchev–Trinajstić information content (AvgIpc) is 2.30. The van der Waals surface area contributed by atoms with Crippen LogP contribution in [0.25, 0.3) is 0 Å². The highest BCUT2D eigenvalue weighted by atomic mass is 16.3. The van der Waals surface area contributed by atoms with E-state index in [4.69, 9.17) is 5.73 Å². The second-order valence-electron chi connectivity index (χ2n) is 5.13. The highest BCUT2D eigenvalue weighted by Crippen LogP contribution is 2.15. The van der Waals surface area contributed by atoms with Crippen LogP contribution < -0.4 is 5.73 Å². The predicted octanol–water partition coefficient (Wildman–Crippen LogP) is 2.43. The number of aryl methyl sites for hydroxylation is 2. The number of pyridine rings is 1. The molecule has 0 radical (unpaired) electrons. The summed E-state index contributed by atoms with van der Waals surface area (Å²) >= 11 is 0. The molecule has 1 heterocycles. The molecule has 3 N–H and O–H groups in total. The molecule has 0 amide bonds. The van der Waals surface area contributed by atoms with Gasteiger partial charge in [0, 0.05) is 24.5 Å². The van der Waals surface area contributed by atoms with Crippen molar-refractivity contribution in [3.8, 4) is 0 Å². The first-order chi connectivity index (χ1) is 9.04. The largest absolute Gasteiger partial charge is 0.398 e. The van der Waals surface area contributed by atoms with E-state index < -0.39 is 6.10 Å². The highest BCUT2D eigenvalue weighted by Gasteiger charge is 2.09. The maximum atomic E-state index is 10.2. The van der Waals surface area contributed by atoms with Crippen LogP contribution in [0.3, 0.4) is 0 Å². The number of rotatable bonds is 4. The number of nitrogens with zero attached hydrogens (tertiary/aromatic N) is 1. The summed E-state index contributed by atoms with van der Waals surface area (Å²) in [5.41, 5.74) is 11.1. The van der Waals surface area contributed by atoms with Gasteiger partial charge in [0.1, 0.15) is 0 Å². The van der Waals surface area contributed by atoms with Crippen molar-refractivity contribution in [2.75, 3.05) is 5.73 Å². The average molecular weight is 256 g/mol. The van der Waals surface area contributed by atoms with Crippen molar-refractivity contribution < 1.29 is 5.11 Å². The molecule has 1 aromatic carbocycles. The molecule has 3 heteroatoms. The molecule has 0 aliphatic rings. The van der Waals surface area contributed by atoms with Gasteiger partial charge in [-0.15, -0.1) is 0 Å². The Balaban J connectivity index is 2.05. The Bertz CT molecular complexity index is 546. The van der Waals surface area contributed by atoms with Gasteiger partial charge in [-0.2, -0.15) is 0 Å². The molecule has 3 nitrogen and oxygen atoms in total. The van der Waals surface area contributed by atoms with Gasteiger partial charge in [-0.05, 0) is 37.5 Å². The fourth-order valence-electron chi connectivity index (χ4n) is 2.39. The third kappa shape index (κ3) is 3.80. The van der Waals surface area contributed by atoms with Crippen LogP contribution in [0.1, 0.15) is 22.3 Å². The van der Waals surface area contributed by atoms with Gasteiger partial charge in [0.2, 0.25) is 0 Å². The van der Waals surface area contributed by atoms with Gasteiger partial charge in [0.05, 0.1) is 6.10 Å². The number of aliphatic hydroxyl groups is 1. The fourth-order valence-corrected chi connectivity index (χ4v) is 2.39. The lowest BCUT2D eigenvalue weighted by atomic mass is 9.99. The second kappa shape index (κ2) is 5.85. The molecule has 0 saturated heterocycles. The van der Waals surface area contributed by atoms with E-state index >= 15 is 0 Å². The topological polar surface area (TPSA) is 59.1 Å². The third-order valence-electron chi connectivity index (χ3n) is 3.15. The SMILES string of the molecule is Cc1cc(C)cc(CC(O)Cc2cnccc2N)c1. The number of hydrogen-bond acceptors (Lipinski definition) is 3. The number of anilines is 1. The van der Waals surface area contributed by atoms with Gasteiger partial charge in [-0.1, -0.05) is 29.3 Å². The van der Waals surface area contributed by atoms with Crippen LogP contribution in [0.4, 0.5) is 5.69 Å².